The van der Waals surface area contributed by atoms with Gasteiger partial charge in [-0.25, -0.2) is 9.97 Å². The van der Waals surface area contributed by atoms with Crippen LogP contribution >= 0.6 is 11.3 Å². The highest BCUT2D eigenvalue weighted by atomic mass is 32.1. The van der Waals surface area contributed by atoms with Crippen molar-refractivity contribution in [1.29, 1.82) is 0 Å². The highest BCUT2D eigenvalue weighted by Gasteiger charge is 2.07. The Labute approximate surface area is 114 Å². The number of rotatable bonds is 1. The number of hydrogen-bond donors (Lipinski definition) is 0. The molecular weight excluding hydrogens is 252 g/mol. The molecule has 0 aliphatic heterocycles. The summed E-state index contributed by atoms with van der Waals surface area (Å²) in [6.07, 6.45) is 1.78. The van der Waals surface area contributed by atoms with E-state index in [2.05, 4.69) is 58.5 Å². The molecule has 2 aromatic heterocycles. The predicted octanol–water partition coefficient (Wildman–Crippen LogP) is 4.51. The van der Waals surface area contributed by atoms with Crippen LogP contribution in [0.2, 0.25) is 0 Å². The van der Waals surface area contributed by atoms with Crippen molar-refractivity contribution in [2.75, 3.05) is 0 Å². The fraction of sp³-hybridized carbons (Fsp3) is 0. The molecule has 4 rings (SSSR count). The first kappa shape index (κ1) is 10.6. The smallest absolute Gasteiger partial charge is 0.170 e. The van der Waals surface area contributed by atoms with Gasteiger partial charge in [0, 0.05) is 11.8 Å². The Morgan fingerprint density at radius 2 is 1.74 bits per heavy atom. The summed E-state index contributed by atoms with van der Waals surface area (Å²) >= 11 is 1.69. The summed E-state index contributed by atoms with van der Waals surface area (Å²) < 4.78 is 1.13. The number of aromatic nitrogens is 2. The first-order valence-corrected chi connectivity index (χ1v) is 6.92. The van der Waals surface area contributed by atoms with Crippen molar-refractivity contribution in [1.82, 2.24) is 9.97 Å². The first-order valence-electron chi connectivity index (χ1n) is 6.11. The number of thiazole rings is 1. The fourth-order valence-corrected chi connectivity index (χ4v) is 3.14. The largest absolute Gasteiger partial charge is 0.236 e. The second kappa shape index (κ2) is 4.14. The molecular formula is C16H10N2S. The van der Waals surface area contributed by atoms with Crippen molar-refractivity contribution in [3.63, 3.8) is 0 Å². The maximum atomic E-state index is 4.60. The predicted molar refractivity (Wildman–Crippen MR) is 80.4 cm³/mol. The number of nitrogens with zero attached hydrogens (tertiary/aromatic N) is 2. The normalized spacial score (nSPS) is 11.2. The molecule has 0 saturated heterocycles. The second-order valence-corrected chi connectivity index (χ2v) is 5.44. The van der Waals surface area contributed by atoms with Crippen molar-refractivity contribution in [3.8, 4) is 10.6 Å². The third kappa shape index (κ3) is 1.79. The van der Waals surface area contributed by atoms with E-state index < -0.39 is 0 Å². The molecule has 0 unspecified atom stereocenters. The molecule has 2 aromatic carbocycles. The van der Waals surface area contributed by atoms with Gasteiger partial charge in [0.25, 0.3) is 0 Å². The van der Waals surface area contributed by atoms with Crippen LogP contribution in [0.15, 0.2) is 60.8 Å². The quantitative estimate of drug-likeness (QED) is 0.504. The molecule has 0 bridgehead atoms. The molecule has 0 radical (unpaired) electrons. The Bertz CT molecular complexity index is 847. The zero-order valence-corrected chi connectivity index (χ0v) is 10.9. The minimum atomic E-state index is 0.829. The molecule has 2 nitrogen and oxygen atoms in total. The van der Waals surface area contributed by atoms with Crippen LogP contribution in [0.3, 0.4) is 0 Å². The summed E-state index contributed by atoms with van der Waals surface area (Å²) in [7, 11) is 0. The van der Waals surface area contributed by atoms with Crippen LogP contribution in [0.25, 0.3) is 31.7 Å². The molecule has 0 atom stereocenters. The van der Waals surface area contributed by atoms with Crippen molar-refractivity contribution in [2.24, 2.45) is 0 Å². The van der Waals surface area contributed by atoms with Gasteiger partial charge >= 0.3 is 0 Å². The van der Waals surface area contributed by atoms with E-state index in [9.17, 15) is 0 Å². The molecule has 0 N–H and O–H groups in total. The highest BCUT2D eigenvalue weighted by molar-refractivity contribution is 7.21. The SMILES string of the molecule is c1ccc2cc(-c3nc4ncccc4s3)ccc2c1. The molecule has 0 aliphatic carbocycles. The van der Waals surface area contributed by atoms with Crippen molar-refractivity contribution >= 4 is 32.5 Å². The number of benzene rings is 2. The second-order valence-electron chi connectivity index (χ2n) is 4.41. The Kier molecular flexibility index (Phi) is 2.32. The summed E-state index contributed by atoms with van der Waals surface area (Å²) in [5, 5.41) is 3.53. The van der Waals surface area contributed by atoms with Gasteiger partial charge in [0.1, 0.15) is 5.01 Å². The van der Waals surface area contributed by atoms with E-state index in [1.165, 1.54) is 10.8 Å². The Balaban J connectivity index is 1.93. The molecule has 90 valence electrons. The van der Waals surface area contributed by atoms with Gasteiger partial charge in [-0.15, -0.1) is 11.3 Å². The van der Waals surface area contributed by atoms with E-state index in [0.29, 0.717) is 0 Å². The average Bonchev–Trinajstić information content (AvgIpc) is 2.90. The number of pyridine rings is 1. The lowest BCUT2D eigenvalue weighted by atomic mass is 10.1. The van der Waals surface area contributed by atoms with Crippen molar-refractivity contribution in [2.45, 2.75) is 0 Å². The van der Waals surface area contributed by atoms with E-state index in [4.69, 9.17) is 0 Å². The lowest BCUT2D eigenvalue weighted by molar-refractivity contribution is 1.33. The summed E-state index contributed by atoms with van der Waals surface area (Å²) in [5.41, 5.74) is 1.98. The van der Waals surface area contributed by atoms with E-state index in [1.807, 2.05) is 6.07 Å². The minimum Gasteiger partial charge on any atom is -0.236 e. The van der Waals surface area contributed by atoms with Gasteiger partial charge in [-0.1, -0.05) is 36.4 Å². The Morgan fingerprint density at radius 3 is 2.63 bits per heavy atom. The van der Waals surface area contributed by atoms with E-state index in [-0.39, 0.29) is 0 Å². The summed E-state index contributed by atoms with van der Waals surface area (Å²) in [4.78, 5) is 8.89. The standard InChI is InChI=1S/C16H10N2S/c1-2-5-12-10-13(8-7-11(12)4-1)16-18-15-14(19-16)6-3-9-17-15/h1-10H. The van der Waals surface area contributed by atoms with Crippen LogP contribution in [-0.2, 0) is 0 Å². The Hall–Kier alpha value is -2.26. The van der Waals surface area contributed by atoms with Gasteiger partial charge in [-0.3, -0.25) is 0 Å². The first-order chi connectivity index (χ1) is 9.40. The summed E-state index contributed by atoms with van der Waals surface area (Å²) in [5.74, 6) is 0. The van der Waals surface area contributed by atoms with Crippen LogP contribution < -0.4 is 0 Å². The molecule has 2 heterocycles. The molecule has 0 aliphatic rings. The van der Waals surface area contributed by atoms with E-state index in [1.54, 1.807) is 17.5 Å². The maximum absolute atomic E-state index is 4.60. The van der Waals surface area contributed by atoms with Gasteiger partial charge in [0.05, 0.1) is 4.70 Å². The van der Waals surface area contributed by atoms with E-state index >= 15 is 0 Å². The zero-order valence-electron chi connectivity index (χ0n) is 10.1. The monoisotopic (exact) mass is 262 g/mol. The number of hydrogen-bond acceptors (Lipinski definition) is 3. The van der Waals surface area contributed by atoms with Gasteiger partial charge in [0.2, 0.25) is 0 Å². The molecule has 3 heteroatoms. The van der Waals surface area contributed by atoms with Gasteiger partial charge in [0.15, 0.2) is 5.65 Å². The third-order valence-corrected chi connectivity index (χ3v) is 4.22. The lowest BCUT2D eigenvalue weighted by Crippen LogP contribution is -1.78. The zero-order chi connectivity index (χ0) is 12.7. The van der Waals surface area contributed by atoms with Crippen molar-refractivity contribution < 1.29 is 0 Å². The molecule has 0 amide bonds. The topological polar surface area (TPSA) is 25.8 Å². The van der Waals surface area contributed by atoms with Crippen LogP contribution in [0.1, 0.15) is 0 Å². The highest BCUT2D eigenvalue weighted by Crippen LogP contribution is 2.30. The summed E-state index contributed by atoms with van der Waals surface area (Å²) in [6.45, 7) is 0. The van der Waals surface area contributed by atoms with Gasteiger partial charge in [-0.2, -0.15) is 0 Å². The van der Waals surface area contributed by atoms with Crippen LogP contribution in [0.5, 0.6) is 0 Å². The third-order valence-electron chi connectivity index (χ3n) is 3.16. The molecule has 19 heavy (non-hydrogen) atoms. The van der Waals surface area contributed by atoms with E-state index in [0.717, 1.165) is 20.9 Å². The van der Waals surface area contributed by atoms with Crippen LogP contribution in [0, 0.1) is 0 Å². The minimum absolute atomic E-state index is 0.829. The van der Waals surface area contributed by atoms with Crippen LogP contribution in [0.4, 0.5) is 0 Å². The summed E-state index contributed by atoms with van der Waals surface area (Å²) in [6, 6.07) is 18.8. The van der Waals surface area contributed by atoms with Gasteiger partial charge in [-0.05, 0) is 29.0 Å². The number of fused-ring (bicyclic) bond motifs is 2. The molecule has 4 aromatic rings. The Morgan fingerprint density at radius 1 is 0.842 bits per heavy atom. The fourth-order valence-electron chi connectivity index (χ4n) is 2.21. The maximum Gasteiger partial charge on any atom is 0.170 e. The lowest BCUT2D eigenvalue weighted by Gasteiger charge is -2.00. The average molecular weight is 262 g/mol. The van der Waals surface area contributed by atoms with Crippen LogP contribution in [-0.4, -0.2) is 9.97 Å². The molecule has 0 spiro atoms. The molecule has 0 saturated carbocycles. The van der Waals surface area contributed by atoms with Crippen molar-refractivity contribution in [3.05, 3.63) is 60.8 Å². The molecule has 0 fully saturated rings. The van der Waals surface area contributed by atoms with Gasteiger partial charge < -0.3 is 0 Å².